The van der Waals surface area contributed by atoms with E-state index in [4.69, 9.17) is 4.98 Å². The van der Waals surface area contributed by atoms with Gasteiger partial charge in [0.15, 0.2) is 0 Å². The van der Waals surface area contributed by atoms with E-state index in [1.165, 1.54) is 24.3 Å². The minimum absolute atomic E-state index is 0.0110. The second kappa shape index (κ2) is 10.3. The molecule has 0 unspecified atom stereocenters. The van der Waals surface area contributed by atoms with Crippen LogP contribution < -0.4 is 10.2 Å². The van der Waals surface area contributed by atoms with E-state index in [-0.39, 0.29) is 30.2 Å². The number of benzene rings is 3. The molecular weight excluding hydrogens is 431 g/mol. The van der Waals surface area contributed by atoms with Crippen molar-refractivity contribution in [2.45, 2.75) is 32.9 Å². The van der Waals surface area contributed by atoms with Gasteiger partial charge in [-0.1, -0.05) is 30.3 Å². The van der Waals surface area contributed by atoms with Gasteiger partial charge in [0, 0.05) is 30.3 Å². The average Bonchev–Trinajstić information content (AvgIpc) is 3.17. The molecule has 0 aliphatic heterocycles. The maximum atomic E-state index is 13.4. The molecule has 1 N–H and O–H groups in total. The Morgan fingerprint density at radius 2 is 1.65 bits per heavy atom. The molecule has 7 heteroatoms. The molecule has 0 radical (unpaired) electrons. The lowest BCUT2D eigenvalue weighted by molar-refractivity contribution is -0.119. The molecule has 0 aliphatic rings. The summed E-state index contributed by atoms with van der Waals surface area (Å²) in [5.41, 5.74) is 2.90. The summed E-state index contributed by atoms with van der Waals surface area (Å²) >= 11 is 0. The van der Waals surface area contributed by atoms with Crippen LogP contribution in [0.5, 0.6) is 0 Å². The van der Waals surface area contributed by atoms with E-state index < -0.39 is 0 Å². The zero-order valence-corrected chi connectivity index (χ0v) is 19.2. The summed E-state index contributed by atoms with van der Waals surface area (Å²) in [5.74, 6) is 0.00125. The van der Waals surface area contributed by atoms with Crippen molar-refractivity contribution >= 4 is 28.5 Å². The summed E-state index contributed by atoms with van der Waals surface area (Å²) in [6.45, 7) is 4.45. The van der Waals surface area contributed by atoms with Crippen LogP contribution >= 0.6 is 0 Å². The molecule has 3 aromatic carbocycles. The number of carbonyl (C=O) groups is 2. The van der Waals surface area contributed by atoms with Crippen molar-refractivity contribution in [3.63, 3.8) is 0 Å². The molecule has 6 nitrogen and oxygen atoms in total. The first kappa shape index (κ1) is 23.2. The first-order chi connectivity index (χ1) is 16.4. The normalized spacial score (nSPS) is 11.1. The van der Waals surface area contributed by atoms with Gasteiger partial charge in [-0.3, -0.25) is 9.59 Å². The molecule has 1 aromatic heterocycles. The Hall–Kier alpha value is -4.00. The van der Waals surface area contributed by atoms with E-state index in [2.05, 4.69) is 5.32 Å². The lowest BCUT2D eigenvalue weighted by atomic mass is 10.2. The average molecular weight is 459 g/mol. The molecule has 0 fully saturated rings. The Kier molecular flexibility index (Phi) is 7.01. The summed E-state index contributed by atoms with van der Waals surface area (Å²) in [7, 11) is 0. The standard InChI is InChI=1S/C27H27FN4O2/c1-19(2)32(22-8-4-3-5-9-22)26(33)18-31-24-11-7-6-10-23(24)30-25(31)16-17-29-27(34)20-12-14-21(28)15-13-20/h3-15,19H,16-18H2,1-2H3,(H,29,34). The van der Waals surface area contributed by atoms with E-state index in [1.807, 2.05) is 73.0 Å². The third kappa shape index (κ3) is 5.14. The van der Waals surface area contributed by atoms with Gasteiger partial charge >= 0.3 is 0 Å². The predicted octanol–water partition coefficient (Wildman–Crippen LogP) is 4.59. The number of fused-ring (bicyclic) bond motifs is 1. The Labute approximate surface area is 198 Å². The maximum absolute atomic E-state index is 13.4. The molecule has 0 saturated carbocycles. The highest BCUT2D eigenvalue weighted by molar-refractivity contribution is 5.95. The number of amides is 2. The maximum Gasteiger partial charge on any atom is 0.251 e. The highest BCUT2D eigenvalue weighted by Crippen LogP contribution is 2.20. The molecule has 0 bridgehead atoms. The number of anilines is 1. The van der Waals surface area contributed by atoms with Crippen LogP contribution in [-0.4, -0.2) is 34.0 Å². The first-order valence-electron chi connectivity index (χ1n) is 11.3. The summed E-state index contributed by atoms with van der Waals surface area (Å²) in [6, 6.07) is 22.7. The Balaban J connectivity index is 1.53. The number of hydrogen-bond acceptors (Lipinski definition) is 3. The third-order valence-electron chi connectivity index (χ3n) is 5.59. The van der Waals surface area contributed by atoms with Gasteiger partial charge < -0.3 is 14.8 Å². The highest BCUT2D eigenvalue weighted by atomic mass is 19.1. The van der Waals surface area contributed by atoms with Crippen molar-refractivity contribution in [3.05, 3.63) is 96.1 Å². The van der Waals surface area contributed by atoms with E-state index >= 15 is 0 Å². The van der Waals surface area contributed by atoms with Crippen molar-refractivity contribution in [2.75, 3.05) is 11.4 Å². The number of rotatable bonds is 8. The van der Waals surface area contributed by atoms with E-state index in [9.17, 15) is 14.0 Å². The fraction of sp³-hybridized carbons (Fsp3) is 0.222. The highest BCUT2D eigenvalue weighted by Gasteiger charge is 2.22. The van der Waals surface area contributed by atoms with E-state index in [1.54, 1.807) is 4.90 Å². The number of hydrogen-bond donors (Lipinski definition) is 1. The van der Waals surface area contributed by atoms with Crippen LogP contribution in [0.4, 0.5) is 10.1 Å². The number of nitrogens with one attached hydrogen (secondary N) is 1. The number of imidazole rings is 1. The summed E-state index contributed by atoms with van der Waals surface area (Å²) in [4.78, 5) is 32.3. The number of para-hydroxylation sites is 3. The second-order valence-corrected chi connectivity index (χ2v) is 8.31. The lowest BCUT2D eigenvalue weighted by Gasteiger charge is -2.27. The minimum atomic E-state index is -0.388. The van der Waals surface area contributed by atoms with Gasteiger partial charge in [-0.05, 0) is 62.4 Å². The number of nitrogens with zero attached hydrogens (tertiary/aromatic N) is 3. The zero-order valence-electron chi connectivity index (χ0n) is 19.2. The number of halogens is 1. The van der Waals surface area contributed by atoms with Crippen molar-refractivity contribution in [3.8, 4) is 0 Å². The van der Waals surface area contributed by atoms with Crippen molar-refractivity contribution < 1.29 is 14.0 Å². The third-order valence-corrected chi connectivity index (χ3v) is 5.59. The molecule has 0 saturated heterocycles. The van der Waals surface area contributed by atoms with Crippen molar-refractivity contribution in [1.82, 2.24) is 14.9 Å². The topological polar surface area (TPSA) is 67.2 Å². The molecule has 0 atom stereocenters. The van der Waals surface area contributed by atoms with Gasteiger partial charge in [-0.15, -0.1) is 0 Å². The smallest absolute Gasteiger partial charge is 0.251 e. The molecule has 1 heterocycles. The number of aromatic nitrogens is 2. The van der Waals surface area contributed by atoms with Crippen molar-refractivity contribution in [1.29, 1.82) is 0 Å². The Bertz CT molecular complexity index is 1280. The van der Waals surface area contributed by atoms with Crippen LogP contribution in [0.25, 0.3) is 11.0 Å². The van der Waals surface area contributed by atoms with Crippen molar-refractivity contribution in [2.24, 2.45) is 0 Å². The van der Waals surface area contributed by atoms with Crippen LogP contribution in [0.15, 0.2) is 78.9 Å². The largest absolute Gasteiger partial charge is 0.352 e. The quantitative estimate of drug-likeness (QED) is 0.420. The second-order valence-electron chi connectivity index (χ2n) is 8.31. The van der Waals surface area contributed by atoms with Gasteiger partial charge in [0.05, 0.1) is 11.0 Å². The van der Waals surface area contributed by atoms with Gasteiger partial charge in [0.1, 0.15) is 18.2 Å². The Morgan fingerprint density at radius 3 is 2.35 bits per heavy atom. The SMILES string of the molecule is CC(C)N(C(=O)Cn1c(CCNC(=O)c2ccc(F)cc2)nc2ccccc21)c1ccccc1. The Morgan fingerprint density at radius 1 is 0.971 bits per heavy atom. The van der Waals surface area contributed by atoms with Gasteiger partial charge in [-0.25, -0.2) is 9.37 Å². The molecule has 4 rings (SSSR count). The number of carbonyl (C=O) groups excluding carboxylic acids is 2. The molecular formula is C27H27FN4O2. The molecule has 2 amide bonds. The van der Waals surface area contributed by atoms with Crippen LogP contribution in [0.2, 0.25) is 0 Å². The van der Waals surface area contributed by atoms with E-state index in [0.717, 1.165) is 16.7 Å². The fourth-order valence-electron chi connectivity index (χ4n) is 4.01. The summed E-state index contributed by atoms with van der Waals surface area (Å²) < 4.78 is 15.0. The van der Waals surface area contributed by atoms with Crippen LogP contribution in [0, 0.1) is 5.82 Å². The van der Waals surface area contributed by atoms with Gasteiger partial charge in [-0.2, -0.15) is 0 Å². The molecule has 4 aromatic rings. The first-order valence-corrected chi connectivity index (χ1v) is 11.3. The minimum Gasteiger partial charge on any atom is -0.352 e. The molecule has 174 valence electrons. The molecule has 0 spiro atoms. The fourth-order valence-corrected chi connectivity index (χ4v) is 4.01. The lowest BCUT2D eigenvalue weighted by Crippen LogP contribution is -2.39. The van der Waals surface area contributed by atoms with Gasteiger partial charge in [0.2, 0.25) is 5.91 Å². The summed E-state index contributed by atoms with van der Waals surface area (Å²) in [5, 5.41) is 2.85. The van der Waals surface area contributed by atoms with E-state index in [0.29, 0.717) is 24.4 Å². The van der Waals surface area contributed by atoms with Crippen LogP contribution in [0.3, 0.4) is 0 Å². The molecule has 34 heavy (non-hydrogen) atoms. The van der Waals surface area contributed by atoms with Gasteiger partial charge in [0.25, 0.3) is 5.91 Å². The molecule has 0 aliphatic carbocycles. The summed E-state index contributed by atoms with van der Waals surface area (Å²) in [6.07, 6.45) is 0.446. The zero-order chi connectivity index (χ0) is 24.1. The van der Waals surface area contributed by atoms with Crippen LogP contribution in [0.1, 0.15) is 30.0 Å². The monoisotopic (exact) mass is 458 g/mol. The van der Waals surface area contributed by atoms with Crippen LogP contribution in [-0.2, 0) is 17.8 Å². The predicted molar refractivity (Wildman–Crippen MR) is 131 cm³/mol.